The Morgan fingerprint density at radius 2 is 1.11 bits per heavy atom. The molecule has 4 fully saturated rings. The van der Waals surface area contributed by atoms with Crippen LogP contribution in [0.3, 0.4) is 0 Å². The number of hydrogen-bond donors (Lipinski definition) is 0. The van der Waals surface area contributed by atoms with Crippen LogP contribution in [-0.4, -0.2) is 19.5 Å². The van der Waals surface area contributed by atoms with Gasteiger partial charge in [0.25, 0.3) is 6.08 Å². The zero-order valence-electron chi connectivity index (χ0n) is 23.6. The highest BCUT2D eigenvalue weighted by molar-refractivity contribution is 4.88. The average Bonchev–Trinajstić information content (AvgIpc) is 2.93. The van der Waals surface area contributed by atoms with Gasteiger partial charge in [-0.15, -0.1) is 0 Å². The van der Waals surface area contributed by atoms with Gasteiger partial charge in [0.1, 0.15) is 0 Å². The summed E-state index contributed by atoms with van der Waals surface area (Å²) in [4.78, 5) is 0. The van der Waals surface area contributed by atoms with Crippen molar-refractivity contribution in [2.24, 2.45) is 41.4 Å². The van der Waals surface area contributed by atoms with Crippen molar-refractivity contribution in [1.82, 2.24) is 0 Å². The molecule has 4 heteroatoms. The Labute approximate surface area is 226 Å². The number of allylic oxidation sites excluding steroid dienone is 2. The van der Waals surface area contributed by atoms with Crippen LogP contribution in [0, 0.1) is 41.4 Å². The highest BCUT2D eigenvalue weighted by Crippen LogP contribution is 2.46. The van der Waals surface area contributed by atoms with Crippen molar-refractivity contribution in [3.05, 3.63) is 24.3 Å². The second kappa shape index (κ2) is 15.8. The summed E-state index contributed by atoms with van der Waals surface area (Å²) in [6.07, 6.45) is 27.4. The molecule has 0 bridgehead atoms. The minimum Gasteiger partial charge on any atom is -0.352 e. The van der Waals surface area contributed by atoms with Crippen LogP contribution < -0.4 is 0 Å². The van der Waals surface area contributed by atoms with Crippen LogP contribution in [0.4, 0.5) is 8.78 Å². The van der Waals surface area contributed by atoms with Crippen LogP contribution in [-0.2, 0) is 9.47 Å². The molecule has 212 valence electrons. The summed E-state index contributed by atoms with van der Waals surface area (Å²) in [6, 6.07) is 0. The number of ether oxygens (including phenoxy) is 2. The molecule has 4 rings (SSSR count). The van der Waals surface area contributed by atoms with E-state index in [1.165, 1.54) is 96.3 Å². The molecule has 0 aromatic rings. The number of rotatable bonds is 11. The van der Waals surface area contributed by atoms with Gasteiger partial charge in [-0.25, -0.2) is 0 Å². The fourth-order valence-electron chi connectivity index (χ4n) is 8.26. The second-order valence-electron chi connectivity index (χ2n) is 13.0. The smallest absolute Gasteiger partial charge is 0.266 e. The van der Waals surface area contributed by atoms with Gasteiger partial charge in [0.15, 0.2) is 6.29 Å². The van der Waals surface area contributed by atoms with E-state index in [0.29, 0.717) is 18.3 Å². The van der Waals surface area contributed by atoms with Gasteiger partial charge in [-0.1, -0.05) is 50.7 Å². The largest absolute Gasteiger partial charge is 0.352 e. The topological polar surface area (TPSA) is 18.5 Å². The maximum absolute atomic E-state index is 12.3. The van der Waals surface area contributed by atoms with E-state index < -0.39 is 6.08 Å². The van der Waals surface area contributed by atoms with Gasteiger partial charge in [-0.3, -0.25) is 0 Å². The molecular formula is C33H54F2O2. The van der Waals surface area contributed by atoms with Gasteiger partial charge in [0, 0.05) is 5.92 Å². The van der Waals surface area contributed by atoms with Gasteiger partial charge in [0.2, 0.25) is 0 Å². The predicted molar refractivity (Wildman–Crippen MR) is 148 cm³/mol. The normalized spacial score (nSPS) is 37.5. The summed E-state index contributed by atoms with van der Waals surface area (Å²) in [6.45, 7) is 3.68. The molecule has 0 aromatic carbocycles. The van der Waals surface area contributed by atoms with Gasteiger partial charge in [-0.2, -0.15) is 8.78 Å². The lowest BCUT2D eigenvalue weighted by Gasteiger charge is -2.41. The van der Waals surface area contributed by atoms with Crippen LogP contribution >= 0.6 is 0 Å². The minimum atomic E-state index is -1.51. The van der Waals surface area contributed by atoms with Crippen molar-refractivity contribution < 1.29 is 18.3 Å². The molecule has 1 saturated heterocycles. The third-order valence-electron chi connectivity index (χ3n) is 10.6. The number of halogens is 2. The quantitative estimate of drug-likeness (QED) is 0.199. The first-order valence-corrected chi connectivity index (χ1v) is 16.0. The average molecular weight is 521 g/mol. The van der Waals surface area contributed by atoms with Crippen molar-refractivity contribution in [3.63, 3.8) is 0 Å². The van der Waals surface area contributed by atoms with Crippen molar-refractivity contribution >= 4 is 0 Å². The highest BCUT2D eigenvalue weighted by atomic mass is 19.3. The van der Waals surface area contributed by atoms with Gasteiger partial charge < -0.3 is 9.47 Å². The molecular weight excluding hydrogens is 466 g/mol. The zero-order chi connectivity index (χ0) is 25.9. The first-order valence-electron chi connectivity index (χ1n) is 16.0. The molecule has 0 spiro atoms. The minimum absolute atomic E-state index is 0.0261. The number of unbranched alkanes of at least 4 members (excludes halogenated alkanes) is 1. The molecule has 2 nitrogen and oxygen atoms in total. The van der Waals surface area contributed by atoms with E-state index in [2.05, 4.69) is 19.1 Å². The summed E-state index contributed by atoms with van der Waals surface area (Å²) in [5.74, 6) is 5.91. The maximum atomic E-state index is 12.3. The summed E-state index contributed by atoms with van der Waals surface area (Å²) in [5.41, 5.74) is 0. The van der Waals surface area contributed by atoms with Crippen molar-refractivity contribution in [1.29, 1.82) is 0 Å². The van der Waals surface area contributed by atoms with Crippen molar-refractivity contribution in [2.75, 3.05) is 13.2 Å². The van der Waals surface area contributed by atoms with E-state index in [4.69, 9.17) is 9.47 Å². The third-order valence-corrected chi connectivity index (χ3v) is 10.6. The Kier molecular flexibility index (Phi) is 12.5. The lowest BCUT2D eigenvalue weighted by molar-refractivity contribution is -0.196. The molecule has 0 unspecified atom stereocenters. The van der Waals surface area contributed by atoms with Crippen molar-refractivity contribution in [2.45, 2.75) is 129 Å². The fraction of sp³-hybridized carbons (Fsp3) is 0.879. The predicted octanol–water partition coefficient (Wildman–Crippen LogP) is 10.1. The monoisotopic (exact) mass is 520 g/mol. The number of hydrogen-bond acceptors (Lipinski definition) is 2. The highest BCUT2D eigenvalue weighted by Gasteiger charge is 2.34. The molecule has 1 aliphatic heterocycles. The van der Waals surface area contributed by atoms with E-state index in [-0.39, 0.29) is 6.29 Å². The van der Waals surface area contributed by atoms with Crippen LogP contribution in [0.15, 0.2) is 24.3 Å². The van der Waals surface area contributed by atoms with Gasteiger partial charge in [0.05, 0.1) is 13.2 Å². The van der Waals surface area contributed by atoms with Gasteiger partial charge in [-0.05, 0) is 126 Å². The molecule has 0 amide bonds. The molecule has 4 aliphatic rings. The zero-order valence-corrected chi connectivity index (χ0v) is 23.6. The first-order chi connectivity index (χ1) is 18.1. The Bertz CT molecular complexity index is 670. The van der Waals surface area contributed by atoms with E-state index in [1.54, 1.807) is 0 Å². The molecule has 0 N–H and O–H groups in total. The molecule has 37 heavy (non-hydrogen) atoms. The second-order valence-corrected chi connectivity index (χ2v) is 13.0. The molecule has 0 aromatic heterocycles. The molecule has 0 radical (unpaired) electrons. The summed E-state index contributed by atoms with van der Waals surface area (Å²) >= 11 is 0. The molecule has 1 heterocycles. The van der Waals surface area contributed by atoms with Gasteiger partial charge >= 0.3 is 0 Å². The SMILES string of the molecule is CC=CC1COC(CCCCC2CCC(C3CCC(C4CCC(CCC=C(F)F)CC4)CC3)CC2)OC1. The summed E-state index contributed by atoms with van der Waals surface area (Å²) in [5, 5.41) is 0. The standard InChI is InChI=1S/C33H54F2O2/c1-2-6-27-23-36-33(37-24-27)10-4-3-7-25-11-15-28(16-12-25)30-19-21-31(22-20-30)29-17-13-26(14-18-29)8-5-9-32(34)35/h2,6,9,25-31,33H,3-5,7-8,10-24H2,1H3. The van der Waals surface area contributed by atoms with E-state index in [0.717, 1.165) is 61.7 Å². The lowest BCUT2D eigenvalue weighted by atomic mass is 9.64. The van der Waals surface area contributed by atoms with E-state index >= 15 is 0 Å². The van der Waals surface area contributed by atoms with Crippen molar-refractivity contribution in [3.8, 4) is 0 Å². The Morgan fingerprint density at radius 1 is 0.649 bits per heavy atom. The van der Waals surface area contributed by atoms with E-state index in [1.807, 2.05) is 0 Å². The first kappa shape index (κ1) is 29.2. The third kappa shape index (κ3) is 9.75. The fourth-order valence-corrected chi connectivity index (χ4v) is 8.26. The van der Waals surface area contributed by atoms with Crippen LogP contribution in [0.2, 0.25) is 0 Å². The Balaban J connectivity index is 1.03. The maximum Gasteiger partial charge on any atom is 0.266 e. The van der Waals surface area contributed by atoms with Crippen LogP contribution in [0.5, 0.6) is 0 Å². The summed E-state index contributed by atoms with van der Waals surface area (Å²) < 4.78 is 36.3. The lowest BCUT2D eigenvalue weighted by Crippen LogP contribution is -2.31. The van der Waals surface area contributed by atoms with Crippen LogP contribution in [0.1, 0.15) is 122 Å². The Hall–Kier alpha value is -0.740. The molecule has 3 aliphatic carbocycles. The Morgan fingerprint density at radius 3 is 1.59 bits per heavy atom. The van der Waals surface area contributed by atoms with E-state index in [9.17, 15) is 8.78 Å². The van der Waals surface area contributed by atoms with Crippen LogP contribution in [0.25, 0.3) is 0 Å². The summed E-state index contributed by atoms with van der Waals surface area (Å²) in [7, 11) is 0. The molecule has 0 atom stereocenters. The molecule has 3 saturated carbocycles.